The van der Waals surface area contributed by atoms with E-state index in [0.29, 0.717) is 16.9 Å². The van der Waals surface area contributed by atoms with E-state index < -0.39 is 32.7 Å². The molecule has 2 aromatic carbocycles. The molecule has 0 spiro atoms. The molecular formula is C16H12ClFO3S. The van der Waals surface area contributed by atoms with Crippen molar-refractivity contribution < 1.29 is 17.6 Å². The van der Waals surface area contributed by atoms with E-state index in [1.165, 1.54) is 48.5 Å². The summed E-state index contributed by atoms with van der Waals surface area (Å²) in [5.74, 6) is -1.44. The molecule has 0 unspecified atom stereocenters. The maximum atomic E-state index is 13.0. The molecule has 0 radical (unpaired) electrons. The molecule has 0 bridgehead atoms. The maximum Gasteiger partial charge on any atom is 0.182 e. The molecule has 0 amide bonds. The first-order valence-electron chi connectivity index (χ1n) is 6.65. The minimum Gasteiger partial charge on any atom is -0.303 e. The first-order chi connectivity index (χ1) is 10.4. The molecule has 1 aliphatic carbocycles. The lowest BCUT2D eigenvalue weighted by Crippen LogP contribution is -2.11. The molecule has 1 saturated carbocycles. The molecule has 3 nitrogen and oxygen atoms in total. The van der Waals surface area contributed by atoms with Crippen LogP contribution in [0.1, 0.15) is 11.5 Å². The van der Waals surface area contributed by atoms with Gasteiger partial charge in [-0.1, -0.05) is 23.7 Å². The third-order valence-corrected chi connectivity index (χ3v) is 6.42. The smallest absolute Gasteiger partial charge is 0.182 e. The molecule has 0 aromatic heterocycles. The number of hydrogen-bond acceptors (Lipinski definition) is 3. The van der Waals surface area contributed by atoms with Crippen molar-refractivity contribution in [1.82, 2.24) is 0 Å². The maximum absolute atomic E-state index is 13.0. The predicted octanol–water partition coefficient (Wildman–Crippen LogP) is 3.23. The topological polar surface area (TPSA) is 51.2 Å². The van der Waals surface area contributed by atoms with E-state index in [9.17, 15) is 17.6 Å². The minimum absolute atomic E-state index is 0.137. The van der Waals surface area contributed by atoms with Gasteiger partial charge in [0.05, 0.1) is 10.1 Å². The summed E-state index contributed by atoms with van der Waals surface area (Å²) in [7, 11) is -3.63. The quantitative estimate of drug-likeness (QED) is 0.804. The van der Waals surface area contributed by atoms with Crippen LogP contribution in [0.25, 0.3) is 0 Å². The SMILES string of the molecule is O=C[C@@H]1[C@@H](c2ccc(F)cc2)[C@H]1S(=O)(=O)c1ccc(Cl)cc1. The highest BCUT2D eigenvalue weighted by Gasteiger charge is 2.59. The Bertz CT molecular complexity index is 800. The summed E-state index contributed by atoms with van der Waals surface area (Å²) in [5.41, 5.74) is 0.654. The van der Waals surface area contributed by atoms with Crippen LogP contribution in [0.15, 0.2) is 53.4 Å². The van der Waals surface area contributed by atoms with E-state index in [1.807, 2.05) is 0 Å². The van der Waals surface area contributed by atoms with Gasteiger partial charge < -0.3 is 4.79 Å². The molecule has 0 N–H and O–H groups in total. The summed E-state index contributed by atoms with van der Waals surface area (Å²) in [6, 6.07) is 11.4. The molecule has 0 aliphatic heterocycles. The van der Waals surface area contributed by atoms with Gasteiger partial charge in [-0.3, -0.25) is 0 Å². The molecule has 6 heteroatoms. The van der Waals surface area contributed by atoms with E-state index in [0.717, 1.165) is 0 Å². The largest absolute Gasteiger partial charge is 0.303 e. The highest BCUT2D eigenvalue weighted by atomic mass is 35.5. The average Bonchev–Trinajstić information content (AvgIpc) is 3.24. The number of halogens is 2. The molecule has 3 atom stereocenters. The van der Waals surface area contributed by atoms with Gasteiger partial charge in [-0.25, -0.2) is 12.8 Å². The zero-order chi connectivity index (χ0) is 15.9. The number of aldehydes is 1. The molecule has 3 rings (SSSR count). The number of benzene rings is 2. The zero-order valence-corrected chi connectivity index (χ0v) is 12.9. The lowest BCUT2D eigenvalue weighted by Gasteiger charge is -2.04. The van der Waals surface area contributed by atoms with E-state index in [2.05, 4.69) is 0 Å². The summed E-state index contributed by atoms with van der Waals surface area (Å²) in [4.78, 5) is 11.3. The van der Waals surface area contributed by atoms with Crippen molar-refractivity contribution in [3.8, 4) is 0 Å². The Labute approximate surface area is 132 Å². The van der Waals surface area contributed by atoms with Crippen LogP contribution in [-0.2, 0) is 14.6 Å². The van der Waals surface area contributed by atoms with E-state index in [4.69, 9.17) is 11.6 Å². The molecule has 2 aromatic rings. The number of sulfone groups is 1. The van der Waals surface area contributed by atoms with Crippen LogP contribution in [-0.4, -0.2) is 20.0 Å². The van der Waals surface area contributed by atoms with Crippen molar-refractivity contribution in [1.29, 1.82) is 0 Å². The Kier molecular flexibility index (Phi) is 3.78. The van der Waals surface area contributed by atoms with Gasteiger partial charge >= 0.3 is 0 Å². The first kappa shape index (κ1) is 15.2. The van der Waals surface area contributed by atoms with Crippen molar-refractivity contribution in [2.45, 2.75) is 16.1 Å². The minimum atomic E-state index is -3.63. The van der Waals surface area contributed by atoms with Crippen LogP contribution >= 0.6 is 11.6 Å². The van der Waals surface area contributed by atoms with Crippen LogP contribution in [0.3, 0.4) is 0 Å². The number of hydrogen-bond donors (Lipinski definition) is 0. The van der Waals surface area contributed by atoms with Gasteiger partial charge in [0.1, 0.15) is 12.1 Å². The fraction of sp³-hybridized carbons (Fsp3) is 0.188. The first-order valence-corrected chi connectivity index (χ1v) is 8.58. The highest BCUT2D eigenvalue weighted by molar-refractivity contribution is 7.92. The number of carbonyl (C=O) groups is 1. The molecule has 22 heavy (non-hydrogen) atoms. The van der Waals surface area contributed by atoms with Crippen LogP contribution in [0.4, 0.5) is 4.39 Å². The normalized spacial score (nSPS) is 24.0. The lowest BCUT2D eigenvalue weighted by atomic mass is 10.1. The van der Waals surface area contributed by atoms with Crippen molar-refractivity contribution >= 4 is 27.7 Å². The third-order valence-electron chi connectivity index (χ3n) is 3.92. The number of carbonyl (C=O) groups excluding carboxylic acids is 1. The van der Waals surface area contributed by atoms with Crippen LogP contribution < -0.4 is 0 Å². The van der Waals surface area contributed by atoms with Gasteiger partial charge in [0.2, 0.25) is 0 Å². The fourth-order valence-corrected chi connectivity index (χ4v) is 4.98. The standard InChI is InChI=1S/C16H12ClFO3S/c17-11-3-7-13(8-4-11)22(20,21)16-14(9-19)15(16)10-1-5-12(18)6-2-10/h1-9,14-16H/t14-,15-,16+/m1/s1. The van der Waals surface area contributed by atoms with Crippen molar-refractivity contribution in [3.63, 3.8) is 0 Å². The number of rotatable bonds is 4. The average molecular weight is 339 g/mol. The van der Waals surface area contributed by atoms with Gasteiger partial charge in [-0.15, -0.1) is 0 Å². The molecule has 1 aliphatic rings. The van der Waals surface area contributed by atoms with Crippen LogP contribution in [0.5, 0.6) is 0 Å². The zero-order valence-electron chi connectivity index (χ0n) is 11.3. The van der Waals surface area contributed by atoms with Crippen molar-refractivity contribution in [2.24, 2.45) is 5.92 Å². The van der Waals surface area contributed by atoms with E-state index >= 15 is 0 Å². The Morgan fingerprint density at radius 1 is 1.00 bits per heavy atom. The second-order valence-electron chi connectivity index (χ2n) is 5.25. The Morgan fingerprint density at radius 3 is 2.14 bits per heavy atom. The summed E-state index contributed by atoms with van der Waals surface area (Å²) < 4.78 is 38.3. The van der Waals surface area contributed by atoms with Crippen LogP contribution in [0, 0.1) is 11.7 Å². The van der Waals surface area contributed by atoms with Gasteiger partial charge in [0.15, 0.2) is 9.84 Å². The van der Waals surface area contributed by atoms with Crippen molar-refractivity contribution in [3.05, 3.63) is 64.9 Å². The molecule has 0 saturated heterocycles. The Morgan fingerprint density at radius 2 is 1.59 bits per heavy atom. The Hall–Kier alpha value is -1.72. The summed E-state index contributed by atoms with van der Waals surface area (Å²) in [6.07, 6.45) is 0.659. The van der Waals surface area contributed by atoms with Crippen molar-refractivity contribution in [2.75, 3.05) is 0 Å². The van der Waals surface area contributed by atoms with Gasteiger partial charge in [-0.05, 0) is 42.0 Å². The molecule has 1 fully saturated rings. The second-order valence-corrected chi connectivity index (χ2v) is 7.80. The Balaban J connectivity index is 1.95. The monoisotopic (exact) mass is 338 g/mol. The van der Waals surface area contributed by atoms with Gasteiger partial charge in [0.25, 0.3) is 0 Å². The van der Waals surface area contributed by atoms with E-state index in [1.54, 1.807) is 0 Å². The molecule has 0 heterocycles. The van der Waals surface area contributed by atoms with E-state index in [-0.39, 0.29) is 4.90 Å². The molecule has 114 valence electrons. The predicted molar refractivity (Wildman–Crippen MR) is 81.1 cm³/mol. The summed E-state index contributed by atoms with van der Waals surface area (Å²) in [6.45, 7) is 0. The summed E-state index contributed by atoms with van der Waals surface area (Å²) >= 11 is 5.77. The van der Waals surface area contributed by atoms with Gasteiger partial charge in [-0.2, -0.15) is 0 Å². The lowest BCUT2D eigenvalue weighted by molar-refractivity contribution is -0.108. The fourth-order valence-electron chi connectivity index (χ4n) is 2.75. The van der Waals surface area contributed by atoms with Gasteiger partial charge in [0, 0.05) is 16.9 Å². The summed E-state index contributed by atoms with van der Waals surface area (Å²) in [5, 5.41) is -0.367. The second kappa shape index (κ2) is 5.48. The molecular weight excluding hydrogens is 327 g/mol. The van der Waals surface area contributed by atoms with Crippen LogP contribution in [0.2, 0.25) is 5.02 Å². The third kappa shape index (κ3) is 2.55. The highest BCUT2D eigenvalue weighted by Crippen LogP contribution is 2.52.